The molecule has 4 heteroatoms. The molecule has 0 bridgehead atoms. The largest absolute Gasteiger partial charge is 0.494 e. The van der Waals surface area contributed by atoms with Crippen molar-refractivity contribution in [3.8, 4) is 17.2 Å². The summed E-state index contributed by atoms with van der Waals surface area (Å²) in [4.78, 5) is 4.33. The molecule has 0 fully saturated rings. The Morgan fingerprint density at radius 2 is 1.67 bits per heavy atom. The summed E-state index contributed by atoms with van der Waals surface area (Å²) < 4.78 is 11.3. The lowest BCUT2D eigenvalue weighted by atomic mass is 10.1. The molecule has 0 spiro atoms. The number of hydrogen-bond donors (Lipinski definition) is 1. The number of aromatic nitrogens is 1. The summed E-state index contributed by atoms with van der Waals surface area (Å²) in [5.41, 5.74) is 6.82. The highest BCUT2D eigenvalue weighted by atomic mass is 16.5. The molecular formula is C17H22N2O2. The summed E-state index contributed by atoms with van der Waals surface area (Å²) in [5, 5.41) is 0. The molecule has 0 saturated carbocycles. The Kier molecular flexibility index (Phi) is 5.58. The maximum Gasteiger partial charge on any atom is 0.145 e. The Labute approximate surface area is 125 Å². The van der Waals surface area contributed by atoms with Crippen LogP contribution in [0.15, 0.2) is 42.6 Å². The smallest absolute Gasteiger partial charge is 0.145 e. The van der Waals surface area contributed by atoms with Crippen LogP contribution < -0.4 is 15.2 Å². The molecule has 2 rings (SSSR count). The van der Waals surface area contributed by atoms with E-state index >= 15 is 0 Å². The predicted octanol–water partition coefficient (Wildman–Crippen LogP) is 4.07. The monoisotopic (exact) mass is 286 g/mol. The van der Waals surface area contributed by atoms with E-state index in [2.05, 4.69) is 11.9 Å². The summed E-state index contributed by atoms with van der Waals surface area (Å²) in [6.07, 6.45) is 3.56. The molecule has 1 aromatic carbocycles. The number of nitrogens with zero attached hydrogens (tertiary/aromatic N) is 1. The lowest BCUT2D eigenvalue weighted by Gasteiger charge is -2.10. The molecule has 1 aromatic heterocycles. The number of rotatable bonds is 7. The van der Waals surface area contributed by atoms with Gasteiger partial charge in [0.2, 0.25) is 0 Å². The second-order valence-electron chi connectivity index (χ2n) is 4.86. The molecule has 2 aromatic rings. The van der Waals surface area contributed by atoms with Crippen molar-refractivity contribution in [2.75, 3.05) is 6.61 Å². The molecule has 1 atom stereocenters. The van der Waals surface area contributed by atoms with E-state index in [-0.39, 0.29) is 6.04 Å². The van der Waals surface area contributed by atoms with E-state index in [0.717, 1.165) is 36.6 Å². The first-order chi connectivity index (χ1) is 10.2. The van der Waals surface area contributed by atoms with Gasteiger partial charge in [0, 0.05) is 6.04 Å². The summed E-state index contributed by atoms with van der Waals surface area (Å²) in [6.45, 7) is 4.85. The van der Waals surface area contributed by atoms with Gasteiger partial charge in [-0.25, -0.2) is 0 Å². The number of nitrogens with two attached hydrogens (primary N) is 1. The zero-order valence-corrected chi connectivity index (χ0v) is 12.6. The van der Waals surface area contributed by atoms with Crippen LogP contribution >= 0.6 is 0 Å². The van der Waals surface area contributed by atoms with Crippen LogP contribution in [0.5, 0.6) is 17.2 Å². The number of ether oxygens (including phenoxy) is 2. The molecule has 0 aliphatic rings. The minimum absolute atomic E-state index is 0.0194. The first kappa shape index (κ1) is 15.3. The topological polar surface area (TPSA) is 57.4 Å². The zero-order chi connectivity index (χ0) is 15.1. The van der Waals surface area contributed by atoms with Crippen molar-refractivity contribution in [2.45, 2.75) is 32.7 Å². The van der Waals surface area contributed by atoms with E-state index in [1.54, 1.807) is 6.20 Å². The molecular weight excluding hydrogens is 264 g/mol. The molecule has 0 aliphatic carbocycles. The van der Waals surface area contributed by atoms with Crippen molar-refractivity contribution in [2.24, 2.45) is 5.73 Å². The van der Waals surface area contributed by atoms with Gasteiger partial charge >= 0.3 is 0 Å². The number of benzene rings is 1. The standard InChI is InChI=1S/C17H22N2O2/c1-3-11-20-13-5-7-14(8-6-13)21-15-9-10-17(19-12-15)16(18)4-2/h5-10,12,16H,3-4,11,18H2,1-2H3/t16-/m0/s1. The minimum Gasteiger partial charge on any atom is -0.494 e. The van der Waals surface area contributed by atoms with Gasteiger partial charge in [-0.1, -0.05) is 13.8 Å². The van der Waals surface area contributed by atoms with Gasteiger partial charge in [-0.3, -0.25) is 4.98 Å². The van der Waals surface area contributed by atoms with E-state index in [0.29, 0.717) is 5.75 Å². The van der Waals surface area contributed by atoms with E-state index in [9.17, 15) is 0 Å². The molecule has 112 valence electrons. The van der Waals surface area contributed by atoms with Crippen molar-refractivity contribution >= 4 is 0 Å². The fraction of sp³-hybridized carbons (Fsp3) is 0.353. The van der Waals surface area contributed by atoms with Crippen LogP contribution in [0.3, 0.4) is 0 Å². The van der Waals surface area contributed by atoms with Gasteiger partial charge in [-0.15, -0.1) is 0 Å². The summed E-state index contributed by atoms with van der Waals surface area (Å²) in [7, 11) is 0. The third-order valence-corrected chi connectivity index (χ3v) is 3.11. The Bertz CT molecular complexity index is 538. The second kappa shape index (κ2) is 7.64. The highest BCUT2D eigenvalue weighted by Crippen LogP contribution is 2.24. The number of hydrogen-bond acceptors (Lipinski definition) is 4. The Morgan fingerprint density at radius 1 is 1.00 bits per heavy atom. The van der Waals surface area contributed by atoms with Gasteiger partial charge in [-0.05, 0) is 49.2 Å². The second-order valence-corrected chi connectivity index (χ2v) is 4.86. The highest BCUT2D eigenvalue weighted by molar-refractivity contribution is 5.35. The predicted molar refractivity (Wildman–Crippen MR) is 83.8 cm³/mol. The SMILES string of the molecule is CCCOc1ccc(Oc2ccc([C@@H](N)CC)nc2)cc1. The average Bonchev–Trinajstić information content (AvgIpc) is 2.54. The zero-order valence-electron chi connectivity index (χ0n) is 12.6. The van der Waals surface area contributed by atoms with Crippen molar-refractivity contribution in [3.63, 3.8) is 0 Å². The summed E-state index contributed by atoms with van der Waals surface area (Å²) in [6, 6.07) is 11.4. The van der Waals surface area contributed by atoms with Crippen molar-refractivity contribution in [1.29, 1.82) is 0 Å². The van der Waals surface area contributed by atoms with Crippen LogP contribution in [0.2, 0.25) is 0 Å². The molecule has 4 nitrogen and oxygen atoms in total. The van der Waals surface area contributed by atoms with Crippen LogP contribution in [-0.2, 0) is 0 Å². The Morgan fingerprint density at radius 3 is 2.24 bits per heavy atom. The van der Waals surface area contributed by atoms with Gasteiger partial charge < -0.3 is 15.2 Å². The van der Waals surface area contributed by atoms with Crippen molar-refractivity contribution < 1.29 is 9.47 Å². The maximum atomic E-state index is 5.94. The molecule has 0 saturated heterocycles. The van der Waals surface area contributed by atoms with Gasteiger partial charge in [-0.2, -0.15) is 0 Å². The fourth-order valence-electron chi connectivity index (χ4n) is 1.84. The van der Waals surface area contributed by atoms with Gasteiger partial charge in [0.05, 0.1) is 18.5 Å². The maximum absolute atomic E-state index is 5.94. The minimum atomic E-state index is -0.0194. The fourth-order valence-corrected chi connectivity index (χ4v) is 1.84. The van der Waals surface area contributed by atoms with Crippen LogP contribution in [0.1, 0.15) is 38.4 Å². The number of pyridine rings is 1. The Hall–Kier alpha value is -2.07. The molecule has 0 radical (unpaired) electrons. The summed E-state index contributed by atoms with van der Waals surface area (Å²) in [5.74, 6) is 2.31. The Balaban J connectivity index is 1.97. The normalized spacial score (nSPS) is 12.0. The van der Waals surface area contributed by atoms with Crippen LogP contribution in [-0.4, -0.2) is 11.6 Å². The lowest BCUT2D eigenvalue weighted by molar-refractivity contribution is 0.317. The lowest BCUT2D eigenvalue weighted by Crippen LogP contribution is -2.10. The first-order valence-corrected chi connectivity index (χ1v) is 7.35. The molecule has 1 heterocycles. The average molecular weight is 286 g/mol. The molecule has 2 N–H and O–H groups in total. The van der Waals surface area contributed by atoms with Crippen LogP contribution in [0.25, 0.3) is 0 Å². The summed E-state index contributed by atoms with van der Waals surface area (Å²) >= 11 is 0. The van der Waals surface area contributed by atoms with E-state index < -0.39 is 0 Å². The van der Waals surface area contributed by atoms with Gasteiger partial charge in [0.1, 0.15) is 17.2 Å². The van der Waals surface area contributed by atoms with E-state index in [1.807, 2.05) is 43.3 Å². The third kappa shape index (κ3) is 4.46. The first-order valence-electron chi connectivity index (χ1n) is 7.35. The van der Waals surface area contributed by atoms with Crippen LogP contribution in [0.4, 0.5) is 0 Å². The molecule has 0 aliphatic heterocycles. The molecule has 0 unspecified atom stereocenters. The van der Waals surface area contributed by atoms with Gasteiger partial charge in [0.15, 0.2) is 0 Å². The highest BCUT2D eigenvalue weighted by Gasteiger charge is 2.05. The van der Waals surface area contributed by atoms with E-state index in [4.69, 9.17) is 15.2 Å². The third-order valence-electron chi connectivity index (χ3n) is 3.11. The van der Waals surface area contributed by atoms with Crippen molar-refractivity contribution in [3.05, 3.63) is 48.3 Å². The van der Waals surface area contributed by atoms with E-state index in [1.165, 1.54) is 0 Å². The molecule has 0 amide bonds. The van der Waals surface area contributed by atoms with Crippen LogP contribution in [0, 0.1) is 0 Å². The van der Waals surface area contributed by atoms with Gasteiger partial charge in [0.25, 0.3) is 0 Å². The quantitative estimate of drug-likeness (QED) is 0.833. The van der Waals surface area contributed by atoms with Crippen molar-refractivity contribution in [1.82, 2.24) is 4.98 Å². The molecule has 21 heavy (non-hydrogen) atoms.